The maximum Gasteiger partial charge on any atom is 0.0649 e. The number of benzene rings is 2. The zero-order valence-electron chi connectivity index (χ0n) is 24.4. The van der Waals surface area contributed by atoms with E-state index in [1.165, 1.54) is 117 Å². The van der Waals surface area contributed by atoms with Gasteiger partial charge in [0.1, 0.15) is 0 Å². The molecule has 37 heavy (non-hydrogen) atoms. The molecule has 0 heterocycles. The van der Waals surface area contributed by atoms with E-state index in [-0.39, 0.29) is 0 Å². The summed E-state index contributed by atoms with van der Waals surface area (Å²) < 4.78 is 0. The monoisotopic (exact) mass is 500 g/mol. The van der Waals surface area contributed by atoms with E-state index in [1.54, 1.807) is 0 Å². The molecule has 0 amide bonds. The van der Waals surface area contributed by atoms with Crippen molar-refractivity contribution in [1.82, 2.24) is 5.01 Å². The van der Waals surface area contributed by atoms with E-state index in [9.17, 15) is 0 Å². The predicted molar refractivity (Wildman–Crippen MR) is 160 cm³/mol. The number of hydrogen-bond acceptors (Lipinski definition) is 2. The van der Waals surface area contributed by atoms with Crippen molar-refractivity contribution < 1.29 is 0 Å². The Hall–Kier alpha value is -2.09. The molecule has 2 aromatic carbocycles. The second-order valence-electron chi connectivity index (χ2n) is 12.7. The van der Waals surface area contributed by atoms with Crippen LogP contribution in [0.3, 0.4) is 0 Å². The van der Waals surface area contributed by atoms with Crippen LogP contribution < -0.4 is 0 Å². The Morgan fingerprint density at radius 1 is 0.730 bits per heavy atom. The van der Waals surface area contributed by atoms with Crippen molar-refractivity contribution in [2.45, 2.75) is 104 Å². The Labute approximate surface area is 227 Å². The van der Waals surface area contributed by atoms with Crippen LogP contribution in [0, 0.1) is 23.7 Å². The summed E-state index contributed by atoms with van der Waals surface area (Å²) >= 11 is 0. The highest BCUT2D eigenvalue weighted by Gasteiger charge is 2.24. The Balaban J connectivity index is 1.37. The topological polar surface area (TPSA) is 15.6 Å². The van der Waals surface area contributed by atoms with E-state index < -0.39 is 0 Å². The molecule has 0 atom stereocenters. The summed E-state index contributed by atoms with van der Waals surface area (Å²) in [6.07, 6.45) is 17.2. The summed E-state index contributed by atoms with van der Waals surface area (Å²) in [4.78, 5) is 0. The molecule has 2 saturated carbocycles. The molecule has 2 aliphatic rings. The Bertz CT molecular complexity index is 986. The molecule has 2 aromatic rings. The largest absolute Gasteiger partial charge is 0.303 e. The first-order valence-corrected chi connectivity index (χ1v) is 15.3. The van der Waals surface area contributed by atoms with Crippen LogP contribution in [0.15, 0.2) is 47.6 Å². The van der Waals surface area contributed by atoms with Gasteiger partial charge in [0.2, 0.25) is 0 Å². The van der Waals surface area contributed by atoms with Crippen LogP contribution in [0.4, 0.5) is 0 Å². The predicted octanol–water partition coefficient (Wildman–Crippen LogP) is 8.89. The lowest BCUT2D eigenvalue weighted by Gasteiger charge is -2.29. The van der Waals surface area contributed by atoms with Gasteiger partial charge in [0.05, 0.1) is 5.71 Å². The van der Waals surface area contributed by atoms with E-state index in [0.29, 0.717) is 0 Å². The SMILES string of the molecule is CCCc1ccc(CC2CCC(Cc3ccc(CC4CCC(C)CC4)cc3/C(C)=N/N(C)C)CC2)cc1. The first-order chi connectivity index (χ1) is 17.9. The molecule has 2 nitrogen and oxygen atoms in total. The minimum Gasteiger partial charge on any atom is -0.303 e. The van der Waals surface area contributed by atoms with Crippen molar-refractivity contribution in [1.29, 1.82) is 0 Å². The van der Waals surface area contributed by atoms with E-state index in [4.69, 9.17) is 5.10 Å². The van der Waals surface area contributed by atoms with Crippen molar-refractivity contribution in [2.75, 3.05) is 14.1 Å². The average Bonchev–Trinajstić information content (AvgIpc) is 2.88. The number of nitrogens with zero attached hydrogens (tertiary/aromatic N) is 2. The van der Waals surface area contributed by atoms with Crippen molar-refractivity contribution in [3.05, 3.63) is 70.3 Å². The average molecular weight is 501 g/mol. The third kappa shape index (κ3) is 8.45. The maximum absolute atomic E-state index is 4.83. The van der Waals surface area contributed by atoms with Gasteiger partial charge in [-0.3, -0.25) is 0 Å². The van der Waals surface area contributed by atoms with Crippen molar-refractivity contribution in [2.24, 2.45) is 28.8 Å². The molecule has 2 aliphatic carbocycles. The minimum absolute atomic E-state index is 0.805. The minimum atomic E-state index is 0.805. The van der Waals surface area contributed by atoms with Gasteiger partial charge in [-0.15, -0.1) is 0 Å². The molecule has 4 rings (SSSR count). The fourth-order valence-corrected chi connectivity index (χ4v) is 6.90. The standard InChI is InChI=1S/C35H52N2/c1-6-7-28-12-14-30(15-13-28)22-31-16-18-32(19-17-31)24-34-21-20-33(23-29-10-8-26(2)9-11-29)25-35(34)27(3)36-37(4)5/h12-15,20-21,25-26,29,31-32H,6-11,16-19,22-24H2,1-5H3/b36-27+. The molecule has 0 N–H and O–H groups in total. The van der Waals surface area contributed by atoms with Gasteiger partial charge < -0.3 is 5.01 Å². The van der Waals surface area contributed by atoms with Gasteiger partial charge in [-0.1, -0.05) is 69.5 Å². The molecular weight excluding hydrogens is 448 g/mol. The second-order valence-corrected chi connectivity index (χ2v) is 12.7. The highest BCUT2D eigenvalue weighted by molar-refractivity contribution is 6.00. The normalized spacial score (nSPS) is 24.7. The molecular formula is C35H52N2. The van der Waals surface area contributed by atoms with Crippen LogP contribution in [0.25, 0.3) is 0 Å². The Kier molecular flexibility index (Phi) is 10.3. The van der Waals surface area contributed by atoms with Gasteiger partial charge in [-0.05, 0) is 123 Å². The lowest BCUT2D eigenvalue weighted by atomic mass is 9.76. The van der Waals surface area contributed by atoms with Crippen LogP contribution in [-0.4, -0.2) is 24.8 Å². The fourth-order valence-electron chi connectivity index (χ4n) is 6.90. The summed E-state index contributed by atoms with van der Waals surface area (Å²) in [5, 5.41) is 6.78. The van der Waals surface area contributed by atoms with Gasteiger partial charge in [0.25, 0.3) is 0 Å². The summed E-state index contributed by atoms with van der Waals surface area (Å²) in [7, 11) is 4.07. The number of hydrogen-bond donors (Lipinski definition) is 0. The lowest BCUT2D eigenvalue weighted by Crippen LogP contribution is -2.19. The van der Waals surface area contributed by atoms with Gasteiger partial charge >= 0.3 is 0 Å². The van der Waals surface area contributed by atoms with Crippen LogP contribution >= 0.6 is 0 Å². The van der Waals surface area contributed by atoms with E-state index >= 15 is 0 Å². The first kappa shape index (κ1) is 27.9. The Morgan fingerprint density at radius 2 is 1.24 bits per heavy atom. The summed E-state index contributed by atoms with van der Waals surface area (Å²) in [6.45, 7) is 6.88. The molecule has 0 saturated heterocycles. The van der Waals surface area contributed by atoms with Crippen molar-refractivity contribution in [3.63, 3.8) is 0 Å². The second kappa shape index (κ2) is 13.6. The van der Waals surface area contributed by atoms with Crippen LogP contribution in [0.1, 0.15) is 106 Å². The summed E-state index contributed by atoms with van der Waals surface area (Å²) in [6, 6.07) is 16.8. The highest BCUT2D eigenvalue weighted by Crippen LogP contribution is 2.35. The highest BCUT2D eigenvalue weighted by atomic mass is 15.4. The third-order valence-corrected chi connectivity index (χ3v) is 9.13. The summed E-state index contributed by atoms with van der Waals surface area (Å²) in [5.74, 6) is 3.44. The smallest absolute Gasteiger partial charge is 0.0649 e. The van der Waals surface area contributed by atoms with Crippen molar-refractivity contribution in [3.8, 4) is 0 Å². The molecule has 2 heteroatoms. The molecule has 0 unspecified atom stereocenters. The van der Waals surface area contributed by atoms with E-state index in [2.05, 4.69) is 63.2 Å². The number of aryl methyl sites for hydroxylation is 1. The van der Waals surface area contributed by atoms with Crippen molar-refractivity contribution >= 4 is 5.71 Å². The molecule has 0 radical (unpaired) electrons. The van der Waals surface area contributed by atoms with Gasteiger partial charge in [-0.25, -0.2) is 0 Å². The van der Waals surface area contributed by atoms with Crippen LogP contribution in [0.2, 0.25) is 0 Å². The molecule has 2 fully saturated rings. The number of rotatable bonds is 10. The van der Waals surface area contributed by atoms with Gasteiger partial charge in [0, 0.05) is 19.7 Å². The van der Waals surface area contributed by atoms with Crippen LogP contribution in [-0.2, 0) is 25.7 Å². The molecule has 0 bridgehead atoms. The van der Waals surface area contributed by atoms with E-state index in [0.717, 1.165) is 23.7 Å². The fraction of sp³-hybridized carbons (Fsp3) is 0.629. The Morgan fingerprint density at radius 3 is 1.84 bits per heavy atom. The molecule has 0 spiro atoms. The molecule has 0 aromatic heterocycles. The van der Waals surface area contributed by atoms with Crippen LogP contribution in [0.5, 0.6) is 0 Å². The first-order valence-electron chi connectivity index (χ1n) is 15.3. The zero-order chi connectivity index (χ0) is 26.2. The zero-order valence-corrected chi connectivity index (χ0v) is 24.4. The number of hydrazone groups is 1. The summed E-state index contributed by atoms with van der Waals surface area (Å²) in [5.41, 5.74) is 8.60. The quantitative estimate of drug-likeness (QED) is 0.235. The molecule has 0 aliphatic heterocycles. The van der Waals surface area contributed by atoms with E-state index in [1.807, 2.05) is 19.1 Å². The molecule has 202 valence electrons. The maximum atomic E-state index is 4.83. The van der Waals surface area contributed by atoms with Gasteiger partial charge in [-0.2, -0.15) is 5.10 Å². The third-order valence-electron chi connectivity index (χ3n) is 9.13. The lowest BCUT2D eigenvalue weighted by molar-refractivity contribution is 0.272. The van der Waals surface area contributed by atoms with Gasteiger partial charge in [0.15, 0.2) is 0 Å².